The van der Waals surface area contributed by atoms with Crippen LogP contribution in [0.25, 0.3) is 0 Å². The van der Waals surface area contributed by atoms with Crippen molar-refractivity contribution in [1.29, 1.82) is 0 Å². The second kappa shape index (κ2) is 9.98. The van der Waals surface area contributed by atoms with E-state index < -0.39 is 0 Å². The summed E-state index contributed by atoms with van der Waals surface area (Å²) < 4.78 is 5.08. The summed E-state index contributed by atoms with van der Waals surface area (Å²) in [7, 11) is 1.54. The molecule has 0 aliphatic rings. The van der Waals surface area contributed by atoms with Crippen molar-refractivity contribution in [2.45, 2.75) is 12.8 Å². The minimum atomic E-state index is -0.227. The third kappa shape index (κ3) is 6.05. The maximum absolute atomic E-state index is 12.1. The summed E-state index contributed by atoms with van der Waals surface area (Å²) in [4.78, 5) is 35.8. The summed E-state index contributed by atoms with van der Waals surface area (Å²) in [5.74, 6) is 0.0779. The molecule has 0 radical (unpaired) electrons. The van der Waals surface area contributed by atoms with E-state index in [-0.39, 0.29) is 30.4 Å². The van der Waals surface area contributed by atoms with Crippen molar-refractivity contribution in [1.82, 2.24) is 10.6 Å². The van der Waals surface area contributed by atoms with Gasteiger partial charge in [-0.15, -0.1) is 0 Å². The predicted molar refractivity (Wildman–Crippen MR) is 98.3 cm³/mol. The van der Waals surface area contributed by atoms with Gasteiger partial charge in [0, 0.05) is 37.1 Å². The lowest BCUT2D eigenvalue weighted by molar-refractivity contribution is -0.121. The van der Waals surface area contributed by atoms with Crippen LogP contribution in [0.5, 0.6) is 5.75 Å². The zero-order valence-electron chi connectivity index (χ0n) is 14.7. The molecular formula is C20H22N2O4. The summed E-state index contributed by atoms with van der Waals surface area (Å²) in [5, 5.41) is 5.41. The lowest BCUT2D eigenvalue weighted by Crippen LogP contribution is -2.34. The number of carbonyl (C=O) groups excluding carboxylic acids is 3. The molecule has 2 amide bonds. The monoisotopic (exact) mass is 354 g/mol. The van der Waals surface area contributed by atoms with Crippen molar-refractivity contribution in [3.05, 3.63) is 65.7 Å². The third-order valence-electron chi connectivity index (χ3n) is 3.74. The fraction of sp³-hybridized carbons (Fsp3) is 0.250. The second-order valence-corrected chi connectivity index (χ2v) is 5.63. The SMILES string of the molecule is COc1cccc(C(=O)CCC(=O)NCCNC(=O)c2ccccc2)c1. The van der Waals surface area contributed by atoms with Gasteiger partial charge in [-0.05, 0) is 24.3 Å². The summed E-state index contributed by atoms with van der Waals surface area (Å²) in [6.45, 7) is 0.633. The van der Waals surface area contributed by atoms with Gasteiger partial charge >= 0.3 is 0 Å². The fourth-order valence-corrected chi connectivity index (χ4v) is 2.33. The number of benzene rings is 2. The molecule has 136 valence electrons. The molecular weight excluding hydrogens is 332 g/mol. The van der Waals surface area contributed by atoms with Crippen LogP contribution in [0.2, 0.25) is 0 Å². The van der Waals surface area contributed by atoms with Crippen LogP contribution < -0.4 is 15.4 Å². The number of nitrogens with one attached hydrogen (secondary N) is 2. The Morgan fingerprint density at radius 3 is 2.27 bits per heavy atom. The Balaban J connectivity index is 1.66. The van der Waals surface area contributed by atoms with Crippen LogP contribution in [0, 0.1) is 0 Å². The van der Waals surface area contributed by atoms with Gasteiger partial charge in [-0.3, -0.25) is 14.4 Å². The van der Waals surface area contributed by atoms with E-state index in [9.17, 15) is 14.4 Å². The van der Waals surface area contributed by atoms with E-state index in [1.807, 2.05) is 6.07 Å². The molecule has 6 heteroatoms. The molecule has 0 aliphatic heterocycles. The van der Waals surface area contributed by atoms with Crippen molar-refractivity contribution < 1.29 is 19.1 Å². The zero-order valence-corrected chi connectivity index (χ0v) is 14.7. The molecule has 0 bridgehead atoms. The average molecular weight is 354 g/mol. The number of ketones is 1. The second-order valence-electron chi connectivity index (χ2n) is 5.63. The van der Waals surface area contributed by atoms with E-state index >= 15 is 0 Å². The van der Waals surface area contributed by atoms with Crippen LogP contribution in [0.1, 0.15) is 33.6 Å². The molecule has 0 unspecified atom stereocenters. The molecule has 0 saturated carbocycles. The van der Waals surface area contributed by atoms with Gasteiger partial charge in [0.2, 0.25) is 5.91 Å². The largest absolute Gasteiger partial charge is 0.497 e. The molecule has 0 spiro atoms. The molecule has 2 rings (SSSR count). The Bertz CT molecular complexity index is 759. The van der Waals surface area contributed by atoms with Crippen LogP contribution in [0.15, 0.2) is 54.6 Å². The number of carbonyl (C=O) groups is 3. The molecule has 0 aliphatic carbocycles. The quantitative estimate of drug-likeness (QED) is 0.534. The molecule has 2 N–H and O–H groups in total. The Morgan fingerprint density at radius 2 is 1.54 bits per heavy atom. The number of hydrogen-bond acceptors (Lipinski definition) is 4. The van der Waals surface area contributed by atoms with Crippen LogP contribution in [0.4, 0.5) is 0 Å². The molecule has 0 atom stereocenters. The average Bonchev–Trinajstić information content (AvgIpc) is 2.69. The number of rotatable bonds is 9. The van der Waals surface area contributed by atoms with E-state index in [2.05, 4.69) is 10.6 Å². The molecule has 2 aromatic carbocycles. The van der Waals surface area contributed by atoms with Gasteiger partial charge in [0.1, 0.15) is 5.75 Å². The summed E-state index contributed by atoms with van der Waals surface area (Å²) >= 11 is 0. The highest BCUT2D eigenvalue weighted by molar-refractivity contribution is 5.98. The fourth-order valence-electron chi connectivity index (χ4n) is 2.33. The van der Waals surface area contributed by atoms with E-state index in [1.165, 1.54) is 7.11 Å². The van der Waals surface area contributed by atoms with E-state index in [4.69, 9.17) is 4.74 Å². The zero-order chi connectivity index (χ0) is 18.8. The number of methoxy groups -OCH3 is 1. The van der Waals surface area contributed by atoms with E-state index in [0.717, 1.165) is 0 Å². The highest BCUT2D eigenvalue weighted by Gasteiger charge is 2.10. The first-order valence-electron chi connectivity index (χ1n) is 8.37. The number of amides is 2. The van der Waals surface area contributed by atoms with Gasteiger partial charge in [0.05, 0.1) is 7.11 Å². The van der Waals surface area contributed by atoms with Gasteiger partial charge in [-0.1, -0.05) is 30.3 Å². The van der Waals surface area contributed by atoms with Gasteiger partial charge < -0.3 is 15.4 Å². The highest BCUT2D eigenvalue weighted by atomic mass is 16.5. The molecule has 0 heterocycles. The minimum absolute atomic E-state index is 0.0999. The molecule has 2 aromatic rings. The summed E-state index contributed by atoms with van der Waals surface area (Å²) in [6, 6.07) is 15.7. The molecule has 6 nitrogen and oxygen atoms in total. The van der Waals surface area contributed by atoms with Crippen molar-refractivity contribution in [2.75, 3.05) is 20.2 Å². The predicted octanol–water partition coefficient (Wildman–Crippen LogP) is 2.20. The van der Waals surface area contributed by atoms with Gasteiger partial charge in [0.25, 0.3) is 5.91 Å². The van der Waals surface area contributed by atoms with Crippen molar-refractivity contribution in [3.63, 3.8) is 0 Å². The summed E-state index contributed by atoms with van der Waals surface area (Å²) in [5.41, 5.74) is 1.09. The van der Waals surface area contributed by atoms with Crippen molar-refractivity contribution in [3.8, 4) is 5.75 Å². The Morgan fingerprint density at radius 1 is 0.846 bits per heavy atom. The smallest absolute Gasteiger partial charge is 0.251 e. The van der Waals surface area contributed by atoms with E-state index in [1.54, 1.807) is 48.5 Å². The first kappa shape index (κ1) is 19.2. The minimum Gasteiger partial charge on any atom is -0.497 e. The molecule has 0 saturated heterocycles. The Kier molecular flexibility index (Phi) is 7.36. The van der Waals surface area contributed by atoms with Gasteiger partial charge in [-0.25, -0.2) is 0 Å². The van der Waals surface area contributed by atoms with Crippen molar-refractivity contribution >= 4 is 17.6 Å². The lowest BCUT2D eigenvalue weighted by Gasteiger charge is -2.07. The third-order valence-corrected chi connectivity index (χ3v) is 3.74. The van der Waals surface area contributed by atoms with Gasteiger partial charge in [0.15, 0.2) is 5.78 Å². The number of Topliss-reactive ketones (excluding diaryl/α,β-unsaturated/α-hetero) is 1. The molecule has 26 heavy (non-hydrogen) atoms. The first-order chi connectivity index (χ1) is 12.6. The van der Waals surface area contributed by atoms with Gasteiger partial charge in [-0.2, -0.15) is 0 Å². The standard InChI is InChI=1S/C20H22N2O4/c1-26-17-9-5-8-16(14-17)18(23)10-11-19(24)21-12-13-22-20(25)15-6-3-2-4-7-15/h2-9,14H,10-13H2,1H3,(H,21,24)(H,22,25). The first-order valence-corrected chi connectivity index (χ1v) is 8.37. The van der Waals surface area contributed by atoms with Crippen LogP contribution in [0.3, 0.4) is 0 Å². The number of hydrogen-bond donors (Lipinski definition) is 2. The maximum atomic E-state index is 12.1. The Hall–Kier alpha value is -3.15. The van der Waals surface area contributed by atoms with Crippen LogP contribution in [-0.2, 0) is 4.79 Å². The normalized spacial score (nSPS) is 10.0. The molecule has 0 aromatic heterocycles. The number of ether oxygens (including phenoxy) is 1. The highest BCUT2D eigenvalue weighted by Crippen LogP contribution is 2.14. The summed E-state index contributed by atoms with van der Waals surface area (Å²) in [6.07, 6.45) is 0.220. The Labute approximate surface area is 152 Å². The van der Waals surface area contributed by atoms with E-state index in [0.29, 0.717) is 30.0 Å². The maximum Gasteiger partial charge on any atom is 0.251 e. The topological polar surface area (TPSA) is 84.5 Å². The van der Waals surface area contributed by atoms with Crippen LogP contribution >= 0.6 is 0 Å². The van der Waals surface area contributed by atoms with Crippen LogP contribution in [-0.4, -0.2) is 37.8 Å². The molecule has 0 fully saturated rings. The van der Waals surface area contributed by atoms with Crippen molar-refractivity contribution in [2.24, 2.45) is 0 Å². The lowest BCUT2D eigenvalue weighted by atomic mass is 10.1.